The first-order valence-corrected chi connectivity index (χ1v) is 37.9. The second-order valence-corrected chi connectivity index (χ2v) is 33.1. The second-order valence-electron chi connectivity index (χ2n) is 26.0. The van der Waals surface area contributed by atoms with E-state index in [1.54, 1.807) is 6.92 Å². The molecule has 6 N–H and O–H groups in total. The zero-order valence-corrected chi connectivity index (χ0v) is 57.0. The zero-order chi connectivity index (χ0) is 71.3. The monoisotopic (exact) mass is 1460 g/mol. The molecular weight excluding hydrogens is 1380 g/mol. The van der Waals surface area contributed by atoms with Crippen molar-refractivity contribution < 1.29 is 127 Å². The van der Waals surface area contributed by atoms with Crippen molar-refractivity contribution in [2.24, 2.45) is 47.3 Å². The van der Waals surface area contributed by atoms with Gasteiger partial charge in [-0.1, -0.05) is 26.3 Å². The van der Waals surface area contributed by atoms with Gasteiger partial charge in [0.1, 0.15) is 76.1 Å². The van der Waals surface area contributed by atoms with Crippen molar-refractivity contribution in [1.82, 2.24) is 31.9 Å². The number of nitrogens with one attached hydrogen (secondary N) is 6. The largest absolute Gasteiger partial charge is 0.464 e. The van der Waals surface area contributed by atoms with Gasteiger partial charge in [-0.05, 0) is 89.2 Å². The van der Waals surface area contributed by atoms with Gasteiger partial charge in [0, 0.05) is 72.8 Å². The van der Waals surface area contributed by atoms with Gasteiger partial charge in [-0.2, -0.15) is 33.7 Å². The fourth-order valence-corrected chi connectivity index (χ4v) is 22.8. The topological polar surface area (TPSA) is 472 Å². The highest BCUT2D eigenvalue weighted by Crippen LogP contribution is 2.58. The number of ether oxygens (including phenoxy) is 6. The minimum absolute atomic E-state index is 0.00195. The first-order valence-electron chi connectivity index (χ1n) is 32.0. The molecule has 0 aromatic rings. The quantitative estimate of drug-likeness (QED) is 0.0151. The molecule has 34 nitrogen and oxygen atoms in total. The Bertz CT molecular complexity index is 3660. The minimum Gasteiger partial charge on any atom is -0.464 e. The summed E-state index contributed by atoms with van der Waals surface area (Å²) in [5, 5.41) is 13.3. The predicted octanol–water partition coefficient (Wildman–Crippen LogP) is -2.82. The van der Waals surface area contributed by atoms with Crippen LogP contribution < -0.4 is 31.9 Å². The summed E-state index contributed by atoms with van der Waals surface area (Å²) in [6.45, 7) is 16.5. The van der Waals surface area contributed by atoms with Gasteiger partial charge >= 0.3 is 23.9 Å². The Balaban J connectivity index is 0.000000153. The molecule has 12 aliphatic rings. The Morgan fingerprint density at radius 1 is 0.408 bits per heavy atom. The number of hydrogen-bond donors (Lipinski definition) is 6. The molecule has 8 saturated carbocycles. The van der Waals surface area contributed by atoms with Gasteiger partial charge in [0.05, 0.1) is 46.0 Å². The normalized spacial score (nSPS) is 34.3. The summed E-state index contributed by atoms with van der Waals surface area (Å²) in [5.74, 6) is -4.55. The summed E-state index contributed by atoms with van der Waals surface area (Å²) in [5.41, 5.74) is 0.677. The van der Waals surface area contributed by atoms with E-state index in [4.69, 9.17) is 45.2 Å². The first kappa shape index (κ1) is 75.4. The van der Waals surface area contributed by atoms with Crippen LogP contribution in [0.2, 0.25) is 0 Å². The van der Waals surface area contributed by atoms with Gasteiger partial charge in [0.2, 0.25) is 35.4 Å². The molecule has 0 radical (unpaired) electrons. The van der Waals surface area contributed by atoms with Crippen molar-refractivity contribution >= 4 is 99.8 Å². The van der Waals surface area contributed by atoms with E-state index in [-0.39, 0.29) is 159 Å². The van der Waals surface area contributed by atoms with Crippen LogP contribution in [-0.2, 0) is 134 Å². The number of fused-ring (bicyclic) bond motifs is 4. The zero-order valence-electron chi connectivity index (χ0n) is 53.7. The average molecular weight is 1460 g/mol. The lowest BCUT2D eigenvalue weighted by Gasteiger charge is -2.24. The predicted molar refractivity (Wildman–Crippen MR) is 334 cm³/mol. The smallest absolute Gasteiger partial charge is 0.325 e. The van der Waals surface area contributed by atoms with Crippen molar-refractivity contribution in [3.8, 4) is 0 Å². The Hall–Kier alpha value is -6.78. The molecule has 38 heteroatoms. The first-order chi connectivity index (χ1) is 46.2. The standard InChI is InChI=1S/C16H21NO8S.C15H22N2O6S.C15H19NO8S.C14H20N2O6S/c1-8(2)16(20)17-7-13(19)23-4-3-12(18)24-14-9-5-10-11(6-9)26(21,22)25-15(10)14;1-8(2)15(19)17-4-3-16-12(18)7-22-13-9-5-10-11(6-9)24(20,21)23-14(10)13;1-2-11(17)16-7-13(19)22-4-3-12(18)23-14-8-5-9-10(6-8)25(20,21)24-15(9)14;1-2-11(17)15-3-4-16-12(18)7-21-13-8-5-9-10(6-8)23(19,20)22-14(9)13/h9-11,14-15H,1,3-7H2,2H3,(H,17,20);9-11,13-14H,1,3-7H2,2H3,(H,16,18)(H,17,19);2,8-10,14-15H,1,3-7H2,(H,16,17);2,8-10,13-14H,1,3-7H2,(H,15,17)(H,16,18). The van der Waals surface area contributed by atoms with Crippen LogP contribution in [0.4, 0.5) is 0 Å². The molecule has 0 aromatic heterocycles. The highest BCUT2D eigenvalue weighted by molar-refractivity contribution is 7.88. The van der Waals surface area contributed by atoms with Gasteiger partial charge in [-0.3, -0.25) is 64.7 Å². The van der Waals surface area contributed by atoms with E-state index in [2.05, 4.69) is 58.2 Å². The summed E-state index contributed by atoms with van der Waals surface area (Å²) in [6, 6.07) is 0. The van der Waals surface area contributed by atoms with E-state index in [0.717, 1.165) is 25.0 Å². The van der Waals surface area contributed by atoms with Gasteiger partial charge in [-0.25, -0.2) is 0 Å². The number of carbonyl (C=O) groups excluding carboxylic acids is 10. The fraction of sp³-hybridized carbons (Fsp3) is 0.700. The molecule has 4 heterocycles. The Labute approximate surface area is 566 Å². The van der Waals surface area contributed by atoms with Crippen molar-refractivity contribution in [1.29, 1.82) is 0 Å². The van der Waals surface area contributed by atoms with Gasteiger partial charge in [0.15, 0.2) is 0 Å². The molecule has 20 unspecified atom stereocenters. The summed E-state index contributed by atoms with van der Waals surface area (Å²) >= 11 is 0. The molecule has 4 saturated heterocycles. The van der Waals surface area contributed by atoms with E-state index in [1.165, 1.54) is 6.92 Å². The summed E-state index contributed by atoms with van der Waals surface area (Å²) in [6.07, 6.45) is 2.98. The lowest BCUT2D eigenvalue weighted by atomic mass is 9.94. The molecule has 544 valence electrons. The van der Waals surface area contributed by atoms with Gasteiger partial charge in [0.25, 0.3) is 40.5 Å². The molecule has 8 aliphatic carbocycles. The van der Waals surface area contributed by atoms with Crippen LogP contribution in [0.1, 0.15) is 78.1 Å². The molecule has 0 aromatic carbocycles. The van der Waals surface area contributed by atoms with Crippen LogP contribution in [0.15, 0.2) is 49.6 Å². The van der Waals surface area contributed by atoms with Crippen LogP contribution in [0, 0.1) is 47.3 Å². The maximum absolute atomic E-state index is 11.9. The molecule has 12 rings (SSSR count). The van der Waals surface area contributed by atoms with Gasteiger partial charge < -0.3 is 60.3 Å². The highest BCUT2D eigenvalue weighted by Gasteiger charge is 2.68. The van der Waals surface area contributed by atoms with Crippen molar-refractivity contribution in [2.45, 2.75) is 148 Å². The van der Waals surface area contributed by atoms with E-state index in [1.807, 2.05) is 0 Å². The highest BCUT2D eigenvalue weighted by atomic mass is 32.2. The summed E-state index contributed by atoms with van der Waals surface area (Å²) < 4.78 is 147. The maximum atomic E-state index is 11.9. The number of carbonyl (C=O) groups is 10. The Kier molecular flexibility index (Phi) is 24.2. The van der Waals surface area contributed by atoms with Crippen molar-refractivity contribution in [3.63, 3.8) is 0 Å². The third kappa shape index (κ3) is 17.5. The van der Waals surface area contributed by atoms with E-state index < -0.39 is 129 Å². The summed E-state index contributed by atoms with van der Waals surface area (Å²) in [7, 11) is -14.0. The second kappa shape index (κ2) is 31.4. The van der Waals surface area contributed by atoms with E-state index >= 15 is 0 Å². The lowest BCUT2D eigenvalue weighted by Crippen LogP contribution is -2.40. The SMILES string of the molecule is C=C(C)C(=O)NCC(=O)OCCC(=O)OC1C2CC3C1OS(=O)(=O)C3C2.C=C(C)C(=O)NCCNC(=O)COC1C2CC3C1OS(=O)(=O)C3C2.C=CC(=O)NCC(=O)OCCC(=O)OC1C2CC3C1OS(=O)(=O)C3C2.C=CC(=O)NCCNC(=O)COC1C2CC3C1OS(=O)(=O)C3C2. The lowest BCUT2D eigenvalue weighted by molar-refractivity contribution is -0.159. The van der Waals surface area contributed by atoms with Crippen LogP contribution in [0.25, 0.3) is 0 Å². The third-order valence-corrected chi connectivity index (χ3v) is 26.7. The molecule has 12 fully saturated rings. The van der Waals surface area contributed by atoms with Crippen molar-refractivity contribution in [2.75, 3.05) is 65.7 Å². The van der Waals surface area contributed by atoms with Crippen LogP contribution in [0.3, 0.4) is 0 Å². The average Bonchev–Trinajstić information content (AvgIpc) is 1.59. The van der Waals surface area contributed by atoms with Crippen LogP contribution >= 0.6 is 0 Å². The molecule has 20 atom stereocenters. The molecular formula is C60H82N6O28S4. The summed E-state index contributed by atoms with van der Waals surface area (Å²) in [4.78, 5) is 115. The maximum Gasteiger partial charge on any atom is 0.325 e. The fourth-order valence-electron chi connectivity index (χ4n) is 15.3. The Morgan fingerprint density at radius 3 is 1.07 bits per heavy atom. The number of rotatable bonds is 28. The molecule has 6 amide bonds. The van der Waals surface area contributed by atoms with Gasteiger partial charge in [-0.15, -0.1) is 0 Å². The van der Waals surface area contributed by atoms with Crippen LogP contribution in [-0.4, -0.2) is 229 Å². The molecule has 4 aliphatic heterocycles. The number of esters is 4. The van der Waals surface area contributed by atoms with Crippen molar-refractivity contribution in [3.05, 3.63) is 49.6 Å². The number of amides is 6. The molecule has 8 bridgehead atoms. The number of hydrogen-bond acceptors (Lipinski definition) is 28. The minimum atomic E-state index is -3.55. The van der Waals surface area contributed by atoms with Crippen LogP contribution in [0.5, 0.6) is 0 Å². The molecule has 0 spiro atoms. The third-order valence-electron chi connectivity index (χ3n) is 19.6. The molecule has 98 heavy (non-hydrogen) atoms. The van der Waals surface area contributed by atoms with E-state index in [9.17, 15) is 81.6 Å². The van der Waals surface area contributed by atoms with E-state index in [0.29, 0.717) is 57.2 Å². The Morgan fingerprint density at radius 2 is 0.714 bits per heavy atom.